The summed E-state index contributed by atoms with van der Waals surface area (Å²) in [4.78, 5) is 4.12. The first-order chi connectivity index (χ1) is 6.72. The van der Waals surface area contributed by atoms with Gasteiger partial charge in [-0.25, -0.2) is 4.98 Å². The summed E-state index contributed by atoms with van der Waals surface area (Å²) in [5.41, 5.74) is 0. The van der Waals surface area contributed by atoms with Crippen molar-refractivity contribution in [2.45, 2.75) is 27.0 Å². The third-order valence-electron chi connectivity index (χ3n) is 1.72. The maximum absolute atomic E-state index is 5.41. The quantitative estimate of drug-likeness (QED) is 0.753. The van der Waals surface area contributed by atoms with Crippen molar-refractivity contribution in [3.05, 3.63) is 17.8 Å². The highest BCUT2D eigenvalue weighted by Crippen LogP contribution is 2.04. The molecule has 1 N–H and O–H groups in total. The topological polar surface area (TPSA) is 47.3 Å². The first kappa shape index (κ1) is 11.2. The van der Waals surface area contributed by atoms with Crippen LogP contribution in [0.25, 0.3) is 0 Å². The number of aromatic nitrogens is 1. The number of nitrogens with one attached hydrogen (secondary N) is 1. The molecule has 0 aliphatic carbocycles. The lowest BCUT2D eigenvalue weighted by atomic mass is 10.2. The van der Waals surface area contributed by atoms with Crippen LogP contribution in [-0.2, 0) is 17.9 Å². The largest absolute Gasteiger partial charge is 0.442 e. The SMILES string of the molecule is COCc1cnc(CNCC(C)C)o1. The van der Waals surface area contributed by atoms with Crippen molar-refractivity contribution in [2.24, 2.45) is 5.92 Å². The summed E-state index contributed by atoms with van der Waals surface area (Å²) in [6, 6.07) is 0. The number of ether oxygens (including phenoxy) is 1. The first-order valence-electron chi connectivity index (χ1n) is 4.85. The zero-order chi connectivity index (χ0) is 10.4. The zero-order valence-corrected chi connectivity index (χ0v) is 9.04. The maximum Gasteiger partial charge on any atom is 0.208 e. The Bertz CT molecular complexity index is 258. The Balaban J connectivity index is 2.28. The van der Waals surface area contributed by atoms with Crippen molar-refractivity contribution in [1.82, 2.24) is 10.3 Å². The first-order valence-corrected chi connectivity index (χ1v) is 4.85. The van der Waals surface area contributed by atoms with Gasteiger partial charge in [0.25, 0.3) is 0 Å². The molecule has 4 heteroatoms. The fourth-order valence-corrected chi connectivity index (χ4v) is 1.11. The molecule has 0 spiro atoms. The lowest BCUT2D eigenvalue weighted by molar-refractivity contribution is 0.162. The minimum absolute atomic E-state index is 0.483. The van der Waals surface area contributed by atoms with Crippen molar-refractivity contribution in [1.29, 1.82) is 0 Å². The average Bonchev–Trinajstić information content (AvgIpc) is 2.53. The minimum atomic E-state index is 0.483. The van der Waals surface area contributed by atoms with Crippen LogP contribution >= 0.6 is 0 Å². The fourth-order valence-electron chi connectivity index (χ4n) is 1.11. The van der Waals surface area contributed by atoms with Gasteiger partial charge in [-0.1, -0.05) is 13.8 Å². The van der Waals surface area contributed by atoms with E-state index in [0.29, 0.717) is 19.1 Å². The summed E-state index contributed by atoms with van der Waals surface area (Å²) in [6.07, 6.45) is 1.70. The Morgan fingerprint density at radius 1 is 1.57 bits per heavy atom. The van der Waals surface area contributed by atoms with Gasteiger partial charge in [-0.3, -0.25) is 0 Å². The Labute approximate surface area is 84.7 Å². The normalized spacial score (nSPS) is 11.1. The fraction of sp³-hybridized carbons (Fsp3) is 0.700. The average molecular weight is 198 g/mol. The molecule has 0 bridgehead atoms. The summed E-state index contributed by atoms with van der Waals surface area (Å²) >= 11 is 0. The molecule has 14 heavy (non-hydrogen) atoms. The molecule has 1 aromatic rings. The van der Waals surface area contributed by atoms with Crippen LogP contribution in [0.1, 0.15) is 25.5 Å². The van der Waals surface area contributed by atoms with Crippen LogP contribution in [0, 0.1) is 5.92 Å². The molecule has 0 aliphatic heterocycles. The number of rotatable bonds is 6. The molecule has 0 fully saturated rings. The summed E-state index contributed by atoms with van der Waals surface area (Å²) < 4.78 is 10.3. The molecule has 0 radical (unpaired) electrons. The standard InChI is InChI=1S/C10H18N2O2/c1-8(2)4-11-6-10-12-5-9(14-10)7-13-3/h5,8,11H,4,6-7H2,1-3H3. The summed E-state index contributed by atoms with van der Waals surface area (Å²) in [7, 11) is 1.64. The molecule has 0 saturated heterocycles. The minimum Gasteiger partial charge on any atom is -0.442 e. The van der Waals surface area contributed by atoms with Crippen molar-refractivity contribution in [3.8, 4) is 0 Å². The van der Waals surface area contributed by atoms with E-state index in [1.807, 2.05) is 0 Å². The molecule has 0 aliphatic rings. The van der Waals surface area contributed by atoms with E-state index in [1.165, 1.54) is 0 Å². The molecular weight excluding hydrogens is 180 g/mol. The van der Waals surface area contributed by atoms with Crippen LogP contribution < -0.4 is 5.32 Å². The molecule has 0 saturated carbocycles. The molecule has 0 aromatic carbocycles. The van der Waals surface area contributed by atoms with Gasteiger partial charge in [-0.15, -0.1) is 0 Å². The van der Waals surface area contributed by atoms with Crippen molar-refractivity contribution in [3.63, 3.8) is 0 Å². The second-order valence-corrected chi connectivity index (χ2v) is 3.68. The highest BCUT2D eigenvalue weighted by Gasteiger charge is 2.02. The second kappa shape index (κ2) is 5.78. The van der Waals surface area contributed by atoms with E-state index in [0.717, 1.165) is 18.2 Å². The predicted octanol–water partition coefficient (Wildman–Crippen LogP) is 1.57. The summed E-state index contributed by atoms with van der Waals surface area (Å²) in [6.45, 7) is 6.47. The number of methoxy groups -OCH3 is 1. The van der Waals surface area contributed by atoms with Crippen molar-refractivity contribution in [2.75, 3.05) is 13.7 Å². The van der Waals surface area contributed by atoms with E-state index in [4.69, 9.17) is 9.15 Å². The molecule has 1 rings (SSSR count). The predicted molar refractivity (Wildman–Crippen MR) is 53.8 cm³/mol. The molecule has 4 nitrogen and oxygen atoms in total. The van der Waals surface area contributed by atoms with E-state index < -0.39 is 0 Å². The van der Waals surface area contributed by atoms with E-state index in [1.54, 1.807) is 13.3 Å². The van der Waals surface area contributed by atoms with Gasteiger partial charge in [0.2, 0.25) is 5.89 Å². The van der Waals surface area contributed by atoms with Crippen LogP contribution in [0.5, 0.6) is 0 Å². The van der Waals surface area contributed by atoms with Crippen molar-refractivity contribution < 1.29 is 9.15 Å². The van der Waals surface area contributed by atoms with Gasteiger partial charge in [0, 0.05) is 7.11 Å². The van der Waals surface area contributed by atoms with E-state index in [9.17, 15) is 0 Å². The van der Waals surface area contributed by atoms with Gasteiger partial charge in [-0.05, 0) is 12.5 Å². The molecule has 0 atom stereocenters. The van der Waals surface area contributed by atoms with Gasteiger partial charge in [-0.2, -0.15) is 0 Å². The smallest absolute Gasteiger partial charge is 0.208 e. The van der Waals surface area contributed by atoms with E-state index in [-0.39, 0.29) is 0 Å². The molecule has 1 aromatic heterocycles. The highest BCUT2D eigenvalue weighted by atomic mass is 16.5. The zero-order valence-electron chi connectivity index (χ0n) is 9.04. The van der Waals surface area contributed by atoms with Crippen LogP contribution in [0.2, 0.25) is 0 Å². The molecule has 1 heterocycles. The Morgan fingerprint density at radius 3 is 3.00 bits per heavy atom. The Hall–Kier alpha value is -0.870. The van der Waals surface area contributed by atoms with Gasteiger partial charge in [0.15, 0.2) is 0 Å². The summed E-state index contributed by atoms with van der Waals surface area (Å²) in [5.74, 6) is 2.13. The Kier molecular flexibility index (Phi) is 4.62. The second-order valence-electron chi connectivity index (χ2n) is 3.68. The van der Waals surface area contributed by atoms with Crippen LogP contribution in [0.4, 0.5) is 0 Å². The summed E-state index contributed by atoms with van der Waals surface area (Å²) in [5, 5.41) is 3.26. The number of oxazole rings is 1. The lowest BCUT2D eigenvalue weighted by Crippen LogP contribution is -2.19. The number of nitrogens with zero attached hydrogens (tertiary/aromatic N) is 1. The maximum atomic E-state index is 5.41. The van der Waals surface area contributed by atoms with E-state index >= 15 is 0 Å². The van der Waals surface area contributed by atoms with Gasteiger partial charge in [0.05, 0.1) is 12.7 Å². The number of hydrogen-bond acceptors (Lipinski definition) is 4. The van der Waals surface area contributed by atoms with Gasteiger partial charge < -0.3 is 14.5 Å². The molecular formula is C10H18N2O2. The van der Waals surface area contributed by atoms with Crippen LogP contribution in [0.15, 0.2) is 10.6 Å². The third-order valence-corrected chi connectivity index (χ3v) is 1.72. The number of hydrogen-bond donors (Lipinski definition) is 1. The molecule has 80 valence electrons. The van der Waals surface area contributed by atoms with Gasteiger partial charge >= 0.3 is 0 Å². The highest BCUT2D eigenvalue weighted by molar-refractivity contribution is 4.92. The van der Waals surface area contributed by atoms with E-state index in [2.05, 4.69) is 24.1 Å². The lowest BCUT2D eigenvalue weighted by Gasteiger charge is -2.04. The third kappa shape index (κ3) is 3.89. The molecule has 0 amide bonds. The Morgan fingerprint density at radius 2 is 2.36 bits per heavy atom. The van der Waals surface area contributed by atoms with Crippen LogP contribution in [-0.4, -0.2) is 18.6 Å². The van der Waals surface area contributed by atoms with Crippen molar-refractivity contribution >= 4 is 0 Å². The monoisotopic (exact) mass is 198 g/mol. The molecule has 0 unspecified atom stereocenters. The van der Waals surface area contributed by atoms with Gasteiger partial charge in [0.1, 0.15) is 12.4 Å². The van der Waals surface area contributed by atoms with Crippen LogP contribution in [0.3, 0.4) is 0 Å².